The number of anilines is 1. The number of urea groups is 1. The molecule has 0 bridgehead atoms. The van der Waals surface area contributed by atoms with Crippen LogP contribution in [0.5, 0.6) is 11.5 Å². The van der Waals surface area contributed by atoms with E-state index in [2.05, 4.69) is 5.32 Å². The van der Waals surface area contributed by atoms with Crippen LogP contribution in [0, 0.1) is 0 Å². The van der Waals surface area contributed by atoms with E-state index in [0.29, 0.717) is 36.3 Å². The third-order valence-electron chi connectivity index (χ3n) is 5.93. The molecule has 2 atom stereocenters. The van der Waals surface area contributed by atoms with Gasteiger partial charge in [0, 0.05) is 51.2 Å². The molecule has 1 N–H and O–H groups in total. The second-order valence-corrected chi connectivity index (χ2v) is 8.18. The smallest absolute Gasteiger partial charge is 0.322 e. The van der Waals surface area contributed by atoms with E-state index < -0.39 is 5.79 Å². The Balaban J connectivity index is 1.41. The van der Waals surface area contributed by atoms with Gasteiger partial charge in [0.05, 0.1) is 6.04 Å². The van der Waals surface area contributed by atoms with E-state index in [0.717, 1.165) is 32.1 Å². The van der Waals surface area contributed by atoms with Crippen molar-refractivity contribution >= 4 is 17.6 Å². The Hall–Kier alpha value is -2.44. The van der Waals surface area contributed by atoms with E-state index in [1.54, 1.807) is 6.92 Å². The summed E-state index contributed by atoms with van der Waals surface area (Å²) in [6.45, 7) is 6.87. The number of hydrogen-bond donors (Lipinski definition) is 1. The summed E-state index contributed by atoms with van der Waals surface area (Å²) >= 11 is 0. The molecule has 2 unspecified atom stereocenters. The normalized spacial score (nSPS) is 25.7. The zero-order valence-corrected chi connectivity index (χ0v) is 16.9. The Morgan fingerprint density at radius 3 is 2.68 bits per heavy atom. The fourth-order valence-electron chi connectivity index (χ4n) is 4.02. The Bertz CT molecular complexity index is 779. The predicted octanol–water partition coefficient (Wildman–Crippen LogP) is 3.59. The maximum absolute atomic E-state index is 12.9. The molecule has 152 valence electrons. The van der Waals surface area contributed by atoms with Crippen LogP contribution in [0.4, 0.5) is 10.5 Å². The SMILES string of the molecule is CCC1(C)Oc2ccc(NC(=O)N3CCCC3CN(C(C)=O)C3CC3)cc2O1. The van der Waals surface area contributed by atoms with Crippen molar-refractivity contribution in [3.05, 3.63) is 18.2 Å². The van der Waals surface area contributed by atoms with Crippen molar-refractivity contribution < 1.29 is 19.1 Å². The number of fused-ring (bicyclic) bond motifs is 1. The van der Waals surface area contributed by atoms with Crippen molar-refractivity contribution in [2.45, 2.75) is 70.7 Å². The van der Waals surface area contributed by atoms with Crippen LogP contribution in [-0.4, -0.2) is 52.7 Å². The average molecular weight is 387 g/mol. The minimum Gasteiger partial charge on any atom is -0.449 e. The van der Waals surface area contributed by atoms with E-state index in [4.69, 9.17) is 9.47 Å². The predicted molar refractivity (Wildman–Crippen MR) is 106 cm³/mol. The molecule has 1 aromatic carbocycles. The molecule has 2 heterocycles. The maximum Gasteiger partial charge on any atom is 0.322 e. The quantitative estimate of drug-likeness (QED) is 0.838. The van der Waals surface area contributed by atoms with Gasteiger partial charge in [0.15, 0.2) is 11.5 Å². The standard InChI is InChI=1S/C21H29N3O4/c1-4-21(3)27-18-10-7-15(12-19(18)28-21)22-20(26)23-11-5-6-17(23)13-24(14(2)25)16-8-9-16/h7,10,12,16-17H,4-6,8-9,11,13H2,1-3H3,(H,22,26). The van der Waals surface area contributed by atoms with E-state index in [1.807, 2.05) is 41.8 Å². The number of carbonyl (C=O) groups is 2. The van der Waals surface area contributed by atoms with Gasteiger partial charge in [-0.15, -0.1) is 0 Å². The van der Waals surface area contributed by atoms with Crippen LogP contribution in [0.2, 0.25) is 0 Å². The molecular formula is C21H29N3O4. The van der Waals surface area contributed by atoms with Crippen molar-refractivity contribution in [2.24, 2.45) is 0 Å². The number of likely N-dealkylation sites (tertiary alicyclic amines) is 1. The van der Waals surface area contributed by atoms with Crippen LogP contribution in [0.15, 0.2) is 18.2 Å². The van der Waals surface area contributed by atoms with Gasteiger partial charge >= 0.3 is 6.03 Å². The number of nitrogens with one attached hydrogen (secondary N) is 1. The molecule has 7 heteroatoms. The van der Waals surface area contributed by atoms with Gasteiger partial charge in [-0.05, 0) is 37.8 Å². The minimum atomic E-state index is -0.649. The zero-order valence-electron chi connectivity index (χ0n) is 16.9. The molecular weight excluding hydrogens is 358 g/mol. The molecule has 2 aliphatic heterocycles. The van der Waals surface area contributed by atoms with E-state index in [-0.39, 0.29) is 18.0 Å². The molecule has 1 saturated heterocycles. The molecule has 1 saturated carbocycles. The van der Waals surface area contributed by atoms with Gasteiger partial charge in [-0.2, -0.15) is 0 Å². The summed E-state index contributed by atoms with van der Waals surface area (Å²) in [7, 11) is 0. The number of nitrogens with zero attached hydrogens (tertiary/aromatic N) is 2. The highest BCUT2D eigenvalue weighted by atomic mass is 16.7. The molecule has 4 rings (SSSR count). The van der Waals surface area contributed by atoms with Gasteiger partial charge in [-0.3, -0.25) is 4.79 Å². The third kappa shape index (κ3) is 3.75. The lowest BCUT2D eigenvalue weighted by atomic mass is 10.2. The minimum absolute atomic E-state index is 0.0712. The monoisotopic (exact) mass is 387 g/mol. The summed E-state index contributed by atoms with van der Waals surface area (Å²) in [6.07, 6.45) is 4.77. The second-order valence-electron chi connectivity index (χ2n) is 8.18. The van der Waals surface area contributed by atoms with Crippen LogP contribution in [0.1, 0.15) is 52.9 Å². The topological polar surface area (TPSA) is 71.1 Å². The lowest BCUT2D eigenvalue weighted by Crippen LogP contribution is -2.46. The number of carbonyl (C=O) groups excluding carboxylic acids is 2. The lowest BCUT2D eigenvalue weighted by Gasteiger charge is -2.30. The fraction of sp³-hybridized carbons (Fsp3) is 0.619. The highest BCUT2D eigenvalue weighted by Crippen LogP contribution is 2.42. The highest BCUT2D eigenvalue weighted by molar-refractivity contribution is 5.90. The zero-order chi connectivity index (χ0) is 19.9. The Kier molecular flexibility index (Phi) is 4.85. The number of benzene rings is 1. The van der Waals surface area contributed by atoms with Crippen molar-refractivity contribution in [1.82, 2.24) is 9.80 Å². The highest BCUT2D eigenvalue weighted by Gasteiger charge is 2.37. The number of ether oxygens (including phenoxy) is 2. The maximum atomic E-state index is 12.9. The summed E-state index contributed by atoms with van der Waals surface area (Å²) in [5, 5.41) is 2.98. The summed E-state index contributed by atoms with van der Waals surface area (Å²) in [4.78, 5) is 28.6. The summed E-state index contributed by atoms with van der Waals surface area (Å²) < 4.78 is 11.7. The Morgan fingerprint density at radius 1 is 1.25 bits per heavy atom. The molecule has 0 radical (unpaired) electrons. The molecule has 1 aromatic rings. The Labute approximate surface area is 166 Å². The van der Waals surface area contributed by atoms with Crippen LogP contribution >= 0.6 is 0 Å². The first-order chi connectivity index (χ1) is 13.4. The van der Waals surface area contributed by atoms with E-state index in [9.17, 15) is 9.59 Å². The van der Waals surface area contributed by atoms with Crippen molar-refractivity contribution in [1.29, 1.82) is 0 Å². The van der Waals surface area contributed by atoms with Crippen molar-refractivity contribution in [3.8, 4) is 11.5 Å². The number of rotatable bonds is 5. The molecule has 2 fully saturated rings. The molecule has 3 aliphatic rings. The van der Waals surface area contributed by atoms with Crippen LogP contribution in [-0.2, 0) is 4.79 Å². The third-order valence-corrected chi connectivity index (χ3v) is 5.93. The van der Waals surface area contributed by atoms with Gasteiger partial charge in [0.25, 0.3) is 0 Å². The van der Waals surface area contributed by atoms with E-state index >= 15 is 0 Å². The second kappa shape index (κ2) is 7.18. The summed E-state index contributed by atoms with van der Waals surface area (Å²) in [6, 6.07) is 5.78. The van der Waals surface area contributed by atoms with Gasteiger partial charge in [0.2, 0.25) is 11.7 Å². The van der Waals surface area contributed by atoms with Gasteiger partial charge in [-0.1, -0.05) is 6.92 Å². The first-order valence-electron chi connectivity index (χ1n) is 10.3. The number of hydrogen-bond acceptors (Lipinski definition) is 4. The van der Waals surface area contributed by atoms with Crippen LogP contribution in [0.25, 0.3) is 0 Å². The Morgan fingerprint density at radius 2 is 2.00 bits per heavy atom. The molecule has 0 spiro atoms. The van der Waals surface area contributed by atoms with Crippen molar-refractivity contribution in [3.63, 3.8) is 0 Å². The number of amides is 3. The van der Waals surface area contributed by atoms with E-state index in [1.165, 1.54) is 0 Å². The average Bonchev–Trinajstić information content (AvgIpc) is 3.27. The first kappa shape index (κ1) is 18.9. The van der Waals surface area contributed by atoms with Crippen LogP contribution < -0.4 is 14.8 Å². The van der Waals surface area contributed by atoms with Gasteiger partial charge in [-0.25, -0.2) is 4.79 Å². The molecule has 7 nitrogen and oxygen atoms in total. The molecule has 3 amide bonds. The summed E-state index contributed by atoms with van der Waals surface area (Å²) in [5.41, 5.74) is 0.684. The lowest BCUT2D eigenvalue weighted by molar-refractivity contribution is -0.130. The fourth-order valence-corrected chi connectivity index (χ4v) is 4.02. The van der Waals surface area contributed by atoms with Crippen molar-refractivity contribution in [2.75, 3.05) is 18.4 Å². The first-order valence-corrected chi connectivity index (χ1v) is 10.3. The van der Waals surface area contributed by atoms with Gasteiger partial charge in [0.1, 0.15) is 0 Å². The molecule has 0 aromatic heterocycles. The van der Waals surface area contributed by atoms with Gasteiger partial charge < -0.3 is 24.6 Å². The van der Waals surface area contributed by atoms with Crippen LogP contribution in [0.3, 0.4) is 0 Å². The molecule has 1 aliphatic carbocycles. The summed E-state index contributed by atoms with van der Waals surface area (Å²) in [5.74, 6) is 0.799. The largest absolute Gasteiger partial charge is 0.449 e. The molecule has 28 heavy (non-hydrogen) atoms.